The first kappa shape index (κ1) is 25.5. The fraction of sp³-hybridized carbons (Fsp3) is 0.379. The fourth-order valence-corrected chi connectivity index (χ4v) is 4.48. The maximum absolute atomic E-state index is 11.9. The molecule has 7 heteroatoms. The fourth-order valence-electron chi connectivity index (χ4n) is 4.48. The zero-order valence-corrected chi connectivity index (χ0v) is 21.4. The van der Waals surface area contributed by atoms with Gasteiger partial charge in [0.05, 0.1) is 31.0 Å². The lowest BCUT2D eigenvalue weighted by Gasteiger charge is -2.18. The van der Waals surface area contributed by atoms with E-state index in [1.54, 1.807) is 6.20 Å². The van der Waals surface area contributed by atoms with Crippen LogP contribution in [0.1, 0.15) is 61.2 Å². The molecule has 0 aliphatic rings. The van der Waals surface area contributed by atoms with E-state index in [4.69, 9.17) is 14.6 Å². The summed E-state index contributed by atoms with van der Waals surface area (Å²) in [6.07, 6.45) is 11.0. The predicted octanol–water partition coefficient (Wildman–Crippen LogP) is 5.65. The zero-order chi connectivity index (χ0) is 25.3. The van der Waals surface area contributed by atoms with Gasteiger partial charge in [-0.3, -0.25) is 14.8 Å². The molecule has 0 aliphatic heterocycles. The number of hydrogen-bond donors (Lipinski definition) is 0. The molecule has 0 spiro atoms. The Bertz CT molecular complexity index is 1300. The number of nitrogens with zero attached hydrogens (tertiary/aromatic N) is 4. The summed E-state index contributed by atoms with van der Waals surface area (Å²) >= 11 is 0. The highest BCUT2D eigenvalue weighted by atomic mass is 16.5. The van der Waals surface area contributed by atoms with Gasteiger partial charge in [-0.25, -0.2) is 4.52 Å². The molecule has 4 rings (SSSR count). The molecule has 0 bridgehead atoms. The van der Waals surface area contributed by atoms with Crippen LogP contribution in [-0.2, 0) is 40.3 Å². The summed E-state index contributed by atoms with van der Waals surface area (Å²) < 4.78 is 13.3. The molecule has 0 saturated heterocycles. The molecule has 0 amide bonds. The molecule has 4 aromatic rings. The minimum Gasteiger partial charge on any atom is -0.466 e. The Hall–Kier alpha value is -3.58. The van der Waals surface area contributed by atoms with Crippen LogP contribution in [0.2, 0.25) is 0 Å². The van der Waals surface area contributed by atoms with Crippen molar-refractivity contribution in [3.05, 3.63) is 83.2 Å². The van der Waals surface area contributed by atoms with Crippen molar-refractivity contribution in [3.8, 4) is 11.1 Å². The molecule has 188 valence electrons. The zero-order valence-electron chi connectivity index (χ0n) is 21.4. The Labute approximate surface area is 212 Å². The van der Waals surface area contributed by atoms with Crippen molar-refractivity contribution in [2.45, 2.75) is 66.1 Å². The van der Waals surface area contributed by atoms with E-state index < -0.39 is 0 Å². The van der Waals surface area contributed by atoms with Gasteiger partial charge in [0.25, 0.3) is 0 Å². The smallest absolute Gasteiger partial charge is 0.305 e. The number of hydrogen-bond acceptors (Lipinski definition) is 6. The molecule has 7 nitrogen and oxygen atoms in total. The van der Waals surface area contributed by atoms with Gasteiger partial charge in [0.2, 0.25) is 0 Å². The summed E-state index contributed by atoms with van der Waals surface area (Å²) in [6, 6.07) is 10.4. The second-order valence-corrected chi connectivity index (χ2v) is 8.89. The van der Waals surface area contributed by atoms with E-state index in [1.807, 2.05) is 42.2 Å². The van der Waals surface area contributed by atoms with E-state index in [1.165, 1.54) is 0 Å². The number of esters is 1. The van der Waals surface area contributed by atoms with Crippen LogP contribution >= 0.6 is 0 Å². The highest BCUT2D eigenvalue weighted by molar-refractivity contribution is 5.83. The van der Waals surface area contributed by atoms with Crippen LogP contribution in [0.25, 0.3) is 16.6 Å². The Balaban J connectivity index is 1.71. The van der Waals surface area contributed by atoms with Gasteiger partial charge in [0.15, 0.2) is 0 Å². The SMILES string of the molecule is CCOC(=O)CCCCc1c(COCc2cccnc2)nn2c(CC)ccc2c1-c1cncc(C)c1. The molecule has 4 heterocycles. The Kier molecular flexibility index (Phi) is 8.79. The number of carbonyl (C=O) groups excluding carboxylic acids is 1. The van der Waals surface area contributed by atoms with Gasteiger partial charge in [0, 0.05) is 48.0 Å². The number of fused-ring (bicyclic) bond motifs is 1. The van der Waals surface area contributed by atoms with Gasteiger partial charge >= 0.3 is 5.97 Å². The van der Waals surface area contributed by atoms with Gasteiger partial charge in [-0.1, -0.05) is 13.0 Å². The molecule has 0 unspecified atom stereocenters. The minimum atomic E-state index is -0.145. The van der Waals surface area contributed by atoms with Crippen LogP contribution < -0.4 is 0 Å². The summed E-state index contributed by atoms with van der Waals surface area (Å²) in [5.41, 5.74) is 8.59. The van der Waals surface area contributed by atoms with Crippen molar-refractivity contribution in [1.82, 2.24) is 19.6 Å². The first-order valence-electron chi connectivity index (χ1n) is 12.7. The third-order valence-corrected chi connectivity index (χ3v) is 6.18. The normalized spacial score (nSPS) is 11.2. The maximum atomic E-state index is 11.9. The van der Waals surface area contributed by atoms with Crippen molar-refractivity contribution < 1.29 is 14.3 Å². The highest BCUT2D eigenvalue weighted by Gasteiger charge is 2.19. The van der Waals surface area contributed by atoms with Gasteiger partial charge < -0.3 is 9.47 Å². The molecule has 0 N–H and O–H groups in total. The molecular formula is C29H34N4O3. The van der Waals surface area contributed by atoms with Gasteiger partial charge in [0.1, 0.15) is 0 Å². The van der Waals surface area contributed by atoms with Crippen molar-refractivity contribution in [2.75, 3.05) is 6.61 Å². The number of unbranched alkanes of at least 4 members (excludes halogenated alkanes) is 1. The lowest BCUT2D eigenvalue weighted by atomic mass is 9.94. The van der Waals surface area contributed by atoms with Crippen LogP contribution in [0.15, 0.2) is 55.1 Å². The minimum absolute atomic E-state index is 0.145. The van der Waals surface area contributed by atoms with E-state index in [-0.39, 0.29) is 5.97 Å². The molecular weight excluding hydrogens is 452 g/mol. The molecule has 0 atom stereocenters. The standard InChI is InChI=1S/C29H34N4O3/c1-4-24-12-13-27-29(23-15-21(3)16-31-18-23)25(10-6-7-11-28(34)36-5-2)26(32-33(24)27)20-35-19-22-9-8-14-30-17-22/h8-9,12-18H,4-7,10-11,19-20H2,1-3H3. The number of ether oxygens (including phenoxy) is 2. The largest absolute Gasteiger partial charge is 0.466 e. The number of pyridine rings is 2. The van der Waals surface area contributed by atoms with Crippen molar-refractivity contribution in [2.24, 2.45) is 0 Å². The van der Waals surface area contributed by atoms with Gasteiger partial charge in [-0.05, 0) is 80.5 Å². The van der Waals surface area contributed by atoms with Crippen LogP contribution in [-0.4, -0.2) is 32.2 Å². The lowest BCUT2D eigenvalue weighted by molar-refractivity contribution is -0.143. The van der Waals surface area contributed by atoms with E-state index >= 15 is 0 Å². The molecule has 36 heavy (non-hydrogen) atoms. The number of rotatable bonds is 12. The average molecular weight is 487 g/mol. The maximum Gasteiger partial charge on any atom is 0.305 e. The predicted molar refractivity (Wildman–Crippen MR) is 139 cm³/mol. The Morgan fingerprint density at radius 2 is 1.92 bits per heavy atom. The first-order chi connectivity index (χ1) is 17.6. The number of aryl methyl sites for hydroxylation is 2. The molecule has 0 aliphatic carbocycles. The number of carbonyl (C=O) groups is 1. The van der Waals surface area contributed by atoms with Crippen molar-refractivity contribution in [1.29, 1.82) is 0 Å². The Morgan fingerprint density at radius 1 is 1.03 bits per heavy atom. The third kappa shape index (κ3) is 6.15. The van der Waals surface area contributed by atoms with E-state index in [2.05, 4.69) is 42.0 Å². The quantitative estimate of drug-likeness (QED) is 0.190. The van der Waals surface area contributed by atoms with E-state index in [0.717, 1.165) is 70.4 Å². The topological polar surface area (TPSA) is 78.6 Å². The summed E-state index contributed by atoms with van der Waals surface area (Å²) in [6.45, 7) is 7.28. The van der Waals surface area contributed by atoms with Gasteiger partial charge in [-0.2, -0.15) is 5.10 Å². The van der Waals surface area contributed by atoms with E-state index in [9.17, 15) is 4.79 Å². The Morgan fingerprint density at radius 3 is 2.67 bits per heavy atom. The van der Waals surface area contributed by atoms with Crippen LogP contribution in [0, 0.1) is 6.92 Å². The van der Waals surface area contributed by atoms with Crippen LogP contribution in [0.5, 0.6) is 0 Å². The van der Waals surface area contributed by atoms with Crippen molar-refractivity contribution in [3.63, 3.8) is 0 Å². The molecule has 0 saturated carbocycles. The average Bonchev–Trinajstić information content (AvgIpc) is 3.29. The monoisotopic (exact) mass is 486 g/mol. The molecule has 0 aromatic carbocycles. The van der Waals surface area contributed by atoms with Gasteiger partial charge in [-0.15, -0.1) is 0 Å². The first-order valence-corrected chi connectivity index (χ1v) is 12.7. The third-order valence-electron chi connectivity index (χ3n) is 6.18. The highest BCUT2D eigenvalue weighted by Crippen LogP contribution is 2.33. The molecule has 4 aromatic heterocycles. The van der Waals surface area contributed by atoms with Crippen LogP contribution in [0.4, 0.5) is 0 Å². The van der Waals surface area contributed by atoms with Crippen molar-refractivity contribution >= 4 is 11.5 Å². The second-order valence-electron chi connectivity index (χ2n) is 8.89. The van der Waals surface area contributed by atoms with Crippen LogP contribution in [0.3, 0.4) is 0 Å². The summed E-state index contributed by atoms with van der Waals surface area (Å²) in [7, 11) is 0. The lowest BCUT2D eigenvalue weighted by Crippen LogP contribution is -2.11. The summed E-state index contributed by atoms with van der Waals surface area (Å²) in [5, 5.41) is 5.05. The summed E-state index contributed by atoms with van der Waals surface area (Å²) in [5.74, 6) is -0.145. The van der Waals surface area contributed by atoms with E-state index in [0.29, 0.717) is 26.2 Å². The molecule has 0 radical (unpaired) electrons. The number of aromatic nitrogens is 4. The molecule has 0 fully saturated rings. The summed E-state index contributed by atoms with van der Waals surface area (Å²) in [4.78, 5) is 20.5. The second kappa shape index (κ2) is 12.4.